The molecular weight excluding hydrogens is 326 g/mol. The van der Waals surface area contributed by atoms with Crippen LogP contribution in [0, 0.1) is 0 Å². The molecule has 2 N–H and O–H groups in total. The number of aliphatic hydroxyl groups is 1. The standard InChI is InChI=1S/C17H23N3O5/c1-2-12(11-21)18-16(22)10-19-5-6-20(17(19)23)13-3-4-14-15(9-13)25-8-7-24-14/h3-4,9,12,21H,2,5-8,10-11H2,1H3,(H,18,22). The maximum absolute atomic E-state index is 12.6. The van der Waals surface area contributed by atoms with E-state index in [0.29, 0.717) is 44.2 Å². The number of carbonyl (C=O) groups excluding carboxylic acids is 2. The van der Waals surface area contributed by atoms with Crippen molar-refractivity contribution in [3.05, 3.63) is 18.2 Å². The smallest absolute Gasteiger partial charge is 0.325 e. The van der Waals surface area contributed by atoms with Crippen LogP contribution >= 0.6 is 0 Å². The number of benzene rings is 1. The predicted molar refractivity (Wildman–Crippen MR) is 91.1 cm³/mol. The van der Waals surface area contributed by atoms with E-state index >= 15 is 0 Å². The van der Waals surface area contributed by atoms with Crippen LogP contribution in [-0.2, 0) is 4.79 Å². The van der Waals surface area contributed by atoms with Crippen molar-refractivity contribution in [1.29, 1.82) is 0 Å². The highest BCUT2D eigenvalue weighted by Gasteiger charge is 2.31. The van der Waals surface area contributed by atoms with Crippen molar-refractivity contribution in [3.8, 4) is 11.5 Å². The molecule has 0 spiro atoms. The van der Waals surface area contributed by atoms with E-state index in [1.54, 1.807) is 17.0 Å². The maximum Gasteiger partial charge on any atom is 0.325 e. The molecule has 1 unspecified atom stereocenters. The van der Waals surface area contributed by atoms with E-state index in [2.05, 4.69) is 5.32 Å². The molecule has 0 saturated carbocycles. The van der Waals surface area contributed by atoms with Crippen molar-refractivity contribution < 1.29 is 24.2 Å². The van der Waals surface area contributed by atoms with Gasteiger partial charge in [-0.2, -0.15) is 0 Å². The number of nitrogens with zero attached hydrogens (tertiary/aromatic N) is 2. The van der Waals surface area contributed by atoms with Crippen molar-refractivity contribution in [2.75, 3.05) is 44.4 Å². The number of ether oxygens (including phenoxy) is 2. The third-order valence-electron chi connectivity index (χ3n) is 4.35. The molecular formula is C17H23N3O5. The first-order valence-corrected chi connectivity index (χ1v) is 8.48. The lowest BCUT2D eigenvalue weighted by Crippen LogP contribution is -2.44. The first-order valence-electron chi connectivity index (χ1n) is 8.48. The molecule has 0 radical (unpaired) electrons. The fourth-order valence-electron chi connectivity index (χ4n) is 2.89. The second-order valence-corrected chi connectivity index (χ2v) is 6.04. The van der Waals surface area contributed by atoms with Crippen LogP contribution in [0.5, 0.6) is 11.5 Å². The molecule has 2 heterocycles. The Kier molecular flexibility index (Phi) is 5.28. The summed E-state index contributed by atoms with van der Waals surface area (Å²) >= 11 is 0. The molecule has 3 rings (SSSR count). The second kappa shape index (κ2) is 7.60. The van der Waals surface area contributed by atoms with E-state index in [1.807, 2.05) is 13.0 Å². The second-order valence-electron chi connectivity index (χ2n) is 6.04. The number of carbonyl (C=O) groups is 2. The highest BCUT2D eigenvalue weighted by atomic mass is 16.6. The van der Waals surface area contributed by atoms with E-state index in [0.717, 1.165) is 5.69 Å². The Morgan fingerprint density at radius 3 is 2.76 bits per heavy atom. The zero-order valence-electron chi connectivity index (χ0n) is 14.2. The largest absolute Gasteiger partial charge is 0.486 e. The predicted octanol–water partition coefficient (Wildman–Crippen LogP) is 0.587. The van der Waals surface area contributed by atoms with Gasteiger partial charge < -0.3 is 24.8 Å². The van der Waals surface area contributed by atoms with E-state index in [9.17, 15) is 9.59 Å². The van der Waals surface area contributed by atoms with Gasteiger partial charge in [0.15, 0.2) is 11.5 Å². The van der Waals surface area contributed by atoms with Gasteiger partial charge >= 0.3 is 6.03 Å². The summed E-state index contributed by atoms with van der Waals surface area (Å²) in [6, 6.07) is 4.89. The molecule has 0 aromatic heterocycles. The van der Waals surface area contributed by atoms with Crippen LogP contribution in [0.1, 0.15) is 13.3 Å². The summed E-state index contributed by atoms with van der Waals surface area (Å²) < 4.78 is 11.0. The number of aliphatic hydroxyl groups excluding tert-OH is 1. The lowest BCUT2D eigenvalue weighted by molar-refractivity contribution is -0.122. The number of hydrogen-bond acceptors (Lipinski definition) is 5. The topological polar surface area (TPSA) is 91.3 Å². The number of fused-ring (bicyclic) bond motifs is 1. The lowest BCUT2D eigenvalue weighted by Gasteiger charge is -2.22. The Morgan fingerprint density at radius 2 is 2.04 bits per heavy atom. The van der Waals surface area contributed by atoms with Crippen molar-refractivity contribution >= 4 is 17.6 Å². The molecule has 2 aliphatic heterocycles. The molecule has 1 atom stereocenters. The molecule has 0 aliphatic carbocycles. The average molecular weight is 349 g/mol. The van der Waals surface area contributed by atoms with Crippen LogP contribution in [0.25, 0.3) is 0 Å². The molecule has 0 bridgehead atoms. The van der Waals surface area contributed by atoms with E-state index in [-0.39, 0.29) is 31.1 Å². The minimum absolute atomic E-state index is 0.0175. The van der Waals surface area contributed by atoms with Crippen LogP contribution in [0.2, 0.25) is 0 Å². The minimum Gasteiger partial charge on any atom is -0.486 e. The van der Waals surface area contributed by atoms with Gasteiger partial charge in [-0.05, 0) is 18.6 Å². The minimum atomic E-state index is -0.279. The van der Waals surface area contributed by atoms with E-state index in [4.69, 9.17) is 14.6 Å². The zero-order chi connectivity index (χ0) is 17.8. The maximum atomic E-state index is 12.6. The van der Waals surface area contributed by atoms with Crippen molar-refractivity contribution in [2.45, 2.75) is 19.4 Å². The van der Waals surface area contributed by atoms with Gasteiger partial charge in [0, 0.05) is 24.8 Å². The quantitative estimate of drug-likeness (QED) is 0.784. The van der Waals surface area contributed by atoms with Crippen LogP contribution in [0.3, 0.4) is 0 Å². The van der Waals surface area contributed by atoms with Crippen LogP contribution in [-0.4, -0.2) is 67.4 Å². The molecule has 1 fully saturated rings. The molecule has 1 aromatic rings. The number of urea groups is 1. The fraction of sp³-hybridized carbons (Fsp3) is 0.529. The molecule has 136 valence electrons. The Bertz CT molecular complexity index is 647. The van der Waals surface area contributed by atoms with Gasteiger partial charge in [-0.25, -0.2) is 4.79 Å². The Balaban J connectivity index is 1.63. The summed E-state index contributed by atoms with van der Waals surface area (Å²) in [5, 5.41) is 11.9. The molecule has 3 amide bonds. The van der Waals surface area contributed by atoms with Crippen LogP contribution in [0.15, 0.2) is 18.2 Å². The van der Waals surface area contributed by atoms with Crippen molar-refractivity contribution in [1.82, 2.24) is 10.2 Å². The SMILES string of the molecule is CCC(CO)NC(=O)CN1CCN(c2ccc3c(c2)OCCO3)C1=O. The number of rotatable bonds is 6. The van der Waals surface area contributed by atoms with Gasteiger partial charge in [0.2, 0.25) is 5.91 Å². The summed E-state index contributed by atoms with van der Waals surface area (Å²) in [5.41, 5.74) is 0.721. The molecule has 8 heteroatoms. The van der Waals surface area contributed by atoms with Gasteiger partial charge in [0.05, 0.1) is 12.6 Å². The Labute approximate surface area is 146 Å². The Morgan fingerprint density at radius 1 is 1.28 bits per heavy atom. The molecule has 2 aliphatic rings. The highest BCUT2D eigenvalue weighted by molar-refractivity contribution is 5.96. The third-order valence-corrected chi connectivity index (χ3v) is 4.35. The number of hydrogen-bond donors (Lipinski definition) is 2. The first-order chi connectivity index (χ1) is 12.1. The zero-order valence-corrected chi connectivity index (χ0v) is 14.2. The van der Waals surface area contributed by atoms with Gasteiger partial charge in [-0.3, -0.25) is 9.69 Å². The number of amides is 3. The van der Waals surface area contributed by atoms with Crippen molar-refractivity contribution in [2.24, 2.45) is 0 Å². The molecule has 1 aromatic carbocycles. The van der Waals surface area contributed by atoms with Crippen LogP contribution < -0.4 is 19.7 Å². The van der Waals surface area contributed by atoms with Gasteiger partial charge in [-0.1, -0.05) is 6.92 Å². The highest BCUT2D eigenvalue weighted by Crippen LogP contribution is 2.34. The number of anilines is 1. The van der Waals surface area contributed by atoms with Gasteiger partial charge in [0.25, 0.3) is 0 Å². The summed E-state index contributed by atoms with van der Waals surface area (Å²) in [5.74, 6) is 1.03. The first kappa shape index (κ1) is 17.3. The monoisotopic (exact) mass is 349 g/mol. The average Bonchev–Trinajstić information content (AvgIpc) is 2.99. The lowest BCUT2D eigenvalue weighted by atomic mass is 10.2. The molecule has 25 heavy (non-hydrogen) atoms. The van der Waals surface area contributed by atoms with Gasteiger partial charge in [-0.15, -0.1) is 0 Å². The molecule has 8 nitrogen and oxygen atoms in total. The summed E-state index contributed by atoms with van der Waals surface area (Å²) in [4.78, 5) is 27.7. The normalized spacial score (nSPS) is 17.6. The number of nitrogens with one attached hydrogen (secondary N) is 1. The summed E-state index contributed by atoms with van der Waals surface area (Å²) in [7, 11) is 0. The van der Waals surface area contributed by atoms with Gasteiger partial charge in [0.1, 0.15) is 19.8 Å². The third kappa shape index (κ3) is 3.79. The van der Waals surface area contributed by atoms with E-state index in [1.165, 1.54) is 4.90 Å². The van der Waals surface area contributed by atoms with E-state index < -0.39 is 0 Å². The summed E-state index contributed by atoms with van der Waals surface area (Å²) in [6.45, 7) is 3.73. The molecule has 1 saturated heterocycles. The van der Waals surface area contributed by atoms with Crippen molar-refractivity contribution in [3.63, 3.8) is 0 Å². The van der Waals surface area contributed by atoms with Crippen LogP contribution in [0.4, 0.5) is 10.5 Å². The summed E-state index contributed by atoms with van der Waals surface area (Å²) in [6.07, 6.45) is 0.638. The Hall–Kier alpha value is -2.48. The fourth-order valence-corrected chi connectivity index (χ4v) is 2.89.